The summed E-state index contributed by atoms with van der Waals surface area (Å²) in [4.78, 5) is 24.6. The quantitative estimate of drug-likeness (QED) is 0.751. The molecule has 2 amide bonds. The van der Waals surface area contributed by atoms with Crippen LogP contribution in [0, 0.1) is 11.8 Å². The third-order valence-corrected chi connectivity index (χ3v) is 4.54. The van der Waals surface area contributed by atoms with Crippen molar-refractivity contribution in [3.63, 3.8) is 0 Å². The number of amides is 2. The minimum Gasteiger partial charge on any atom is -0.496 e. The Morgan fingerprint density at radius 1 is 1.04 bits per heavy atom. The molecule has 2 N–H and O–H groups in total. The summed E-state index contributed by atoms with van der Waals surface area (Å²) in [5.74, 6) is 0.704. The Bertz CT molecular complexity index is 804. The zero-order valence-corrected chi connectivity index (χ0v) is 15.5. The van der Waals surface area contributed by atoms with Gasteiger partial charge >= 0.3 is 0 Å². The maximum Gasteiger partial charge on any atom is 0.228 e. The van der Waals surface area contributed by atoms with Gasteiger partial charge in [-0.15, -0.1) is 0 Å². The standard InChI is InChI=1S/C21H24N2O4/c1-3-27-16-10-8-15(9-11-16)23-21(25)18-12-17(18)20(24)22-13-14-6-4-5-7-19(14)26-2/h4-11,17-18H,3,12-13H2,1-2H3,(H,22,24)(H,23,25). The van der Waals surface area contributed by atoms with Crippen LogP contribution < -0.4 is 20.1 Å². The molecule has 0 spiro atoms. The fraction of sp³-hybridized carbons (Fsp3) is 0.333. The molecule has 27 heavy (non-hydrogen) atoms. The van der Waals surface area contributed by atoms with Crippen LogP contribution >= 0.6 is 0 Å². The lowest BCUT2D eigenvalue weighted by atomic mass is 10.2. The molecular formula is C21H24N2O4. The van der Waals surface area contributed by atoms with Gasteiger partial charge in [-0.25, -0.2) is 0 Å². The number of para-hydroxylation sites is 1. The van der Waals surface area contributed by atoms with E-state index >= 15 is 0 Å². The van der Waals surface area contributed by atoms with Crippen molar-refractivity contribution in [3.8, 4) is 11.5 Å². The molecule has 0 bridgehead atoms. The number of rotatable bonds is 8. The van der Waals surface area contributed by atoms with Gasteiger partial charge in [-0.3, -0.25) is 9.59 Å². The number of hydrogen-bond acceptors (Lipinski definition) is 4. The smallest absolute Gasteiger partial charge is 0.228 e. The van der Waals surface area contributed by atoms with Crippen molar-refractivity contribution in [2.45, 2.75) is 19.9 Å². The molecule has 1 fully saturated rings. The van der Waals surface area contributed by atoms with E-state index in [1.165, 1.54) is 0 Å². The minimum absolute atomic E-state index is 0.104. The van der Waals surface area contributed by atoms with Gasteiger partial charge in [-0.05, 0) is 43.7 Å². The molecule has 2 atom stereocenters. The van der Waals surface area contributed by atoms with E-state index in [-0.39, 0.29) is 23.7 Å². The van der Waals surface area contributed by atoms with Crippen molar-refractivity contribution >= 4 is 17.5 Å². The molecule has 1 saturated carbocycles. The molecule has 0 heterocycles. The number of carbonyl (C=O) groups is 2. The van der Waals surface area contributed by atoms with Crippen LogP contribution in [0.4, 0.5) is 5.69 Å². The molecule has 142 valence electrons. The molecule has 6 nitrogen and oxygen atoms in total. The maximum absolute atomic E-state index is 12.3. The molecule has 0 saturated heterocycles. The fourth-order valence-electron chi connectivity index (χ4n) is 2.97. The van der Waals surface area contributed by atoms with Crippen molar-refractivity contribution in [1.29, 1.82) is 0 Å². The second kappa shape index (κ2) is 8.58. The highest BCUT2D eigenvalue weighted by Crippen LogP contribution is 2.39. The molecule has 0 aliphatic heterocycles. The zero-order valence-electron chi connectivity index (χ0n) is 15.5. The van der Waals surface area contributed by atoms with Crippen LogP contribution in [0.2, 0.25) is 0 Å². The molecule has 2 aromatic carbocycles. The first-order chi connectivity index (χ1) is 13.1. The first-order valence-corrected chi connectivity index (χ1v) is 9.05. The van der Waals surface area contributed by atoms with Gasteiger partial charge in [-0.1, -0.05) is 18.2 Å². The molecule has 1 aliphatic rings. The van der Waals surface area contributed by atoms with Crippen LogP contribution in [0.15, 0.2) is 48.5 Å². The zero-order chi connectivity index (χ0) is 19.2. The molecule has 6 heteroatoms. The lowest BCUT2D eigenvalue weighted by Gasteiger charge is -2.10. The highest BCUT2D eigenvalue weighted by Gasteiger charge is 2.47. The summed E-state index contributed by atoms with van der Waals surface area (Å²) in [5.41, 5.74) is 1.60. The van der Waals surface area contributed by atoms with Gasteiger partial charge in [0.25, 0.3) is 0 Å². The molecule has 2 aromatic rings. The van der Waals surface area contributed by atoms with E-state index in [0.717, 1.165) is 17.1 Å². The molecule has 0 radical (unpaired) electrons. The maximum atomic E-state index is 12.3. The molecule has 3 rings (SSSR count). The summed E-state index contributed by atoms with van der Waals surface area (Å²) < 4.78 is 10.7. The predicted molar refractivity (Wildman–Crippen MR) is 103 cm³/mol. The van der Waals surface area contributed by atoms with E-state index in [4.69, 9.17) is 9.47 Å². The van der Waals surface area contributed by atoms with Gasteiger partial charge in [0.1, 0.15) is 11.5 Å². The van der Waals surface area contributed by atoms with Crippen molar-refractivity contribution in [2.24, 2.45) is 11.8 Å². The third-order valence-electron chi connectivity index (χ3n) is 4.54. The first-order valence-electron chi connectivity index (χ1n) is 9.05. The number of hydrogen-bond donors (Lipinski definition) is 2. The predicted octanol–water partition coefficient (Wildman–Crippen LogP) is 2.98. The average molecular weight is 368 g/mol. The van der Waals surface area contributed by atoms with Gasteiger partial charge in [0.05, 0.1) is 25.6 Å². The van der Waals surface area contributed by atoms with E-state index in [2.05, 4.69) is 10.6 Å². The van der Waals surface area contributed by atoms with Crippen LogP contribution in [-0.2, 0) is 16.1 Å². The number of anilines is 1. The number of carbonyl (C=O) groups excluding carboxylic acids is 2. The van der Waals surface area contributed by atoms with E-state index in [1.54, 1.807) is 19.2 Å². The van der Waals surface area contributed by atoms with Crippen LogP contribution in [0.25, 0.3) is 0 Å². The normalized spacial score (nSPS) is 17.7. The second-order valence-corrected chi connectivity index (χ2v) is 6.42. The summed E-state index contributed by atoms with van der Waals surface area (Å²) in [6.07, 6.45) is 0.570. The highest BCUT2D eigenvalue weighted by molar-refractivity contribution is 5.99. The Balaban J connectivity index is 1.48. The molecule has 0 aromatic heterocycles. The third kappa shape index (κ3) is 4.78. The summed E-state index contributed by atoms with van der Waals surface area (Å²) in [5, 5.41) is 5.75. The minimum atomic E-state index is -0.283. The largest absolute Gasteiger partial charge is 0.496 e. The fourth-order valence-corrected chi connectivity index (χ4v) is 2.97. The van der Waals surface area contributed by atoms with Crippen molar-refractivity contribution in [1.82, 2.24) is 5.32 Å². The molecule has 2 unspecified atom stereocenters. The number of nitrogens with one attached hydrogen (secondary N) is 2. The van der Waals surface area contributed by atoms with Crippen LogP contribution in [-0.4, -0.2) is 25.5 Å². The number of ether oxygens (including phenoxy) is 2. The number of methoxy groups -OCH3 is 1. The Labute approximate surface area is 158 Å². The molecular weight excluding hydrogens is 344 g/mol. The Hall–Kier alpha value is -3.02. The van der Waals surface area contributed by atoms with E-state index < -0.39 is 0 Å². The lowest BCUT2D eigenvalue weighted by Crippen LogP contribution is -2.27. The Morgan fingerprint density at radius 3 is 2.44 bits per heavy atom. The second-order valence-electron chi connectivity index (χ2n) is 6.42. The van der Waals surface area contributed by atoms with E-state index in [1.807, 2.05) is 43.3 Å². The number of benzene rings is 2. The monoisotopic (exact) mass is 368 g/mol. The summed E-state index contributed by atoms with van der Waals surface area (Å²) in [7, 11) is 1.60. The van der Waals surface area contributed by atoms with E-state index in [9.17, 15) is 9.59 Å². The van der Waals surface area contributed by atoms with Crippen LogP contribution in [0.1, 0.15) is 18.9 Å². The van der Waals surface area contributed by atoms with Crippen molar-refractivity contribution in [3.05, 3.63) is 54.1 Å². The van der Waals surface area contributed by atoms with Gasteiger partial charge in [0, 0.05) is 17.8 Å². The van der Waals surface area contributed by atoms with Gasteiger partial charge in [-0.2, -0.15) is 0 Å². The first kappa shape index (κ1) is 18.8. The SMILES string of the molecule is CCOc1ccc(NC(=O)C2CC2C(=O)NCc2ccccc2OC)cc1. The highest BCUT2D eigenvalue weighted by atomic mass is 16.5. The Morgan fingerprint density at radius 2 is 1.74 bits per heavy atom. The van der Waals surface area contributed by atoms with Gasteiger partial charge < -0.3 is 20.1 Å². The van der Waals surface area contributed by atoms with Crippen molar-refractivity contribution < 1.29 is 19.1 Å². The van der Waals surface area contributed by atoms with Crippen molar-refractivity contribution in [2.75, 3.05) is 19.0 Å². The summed E-state index contributed by atoms with van der Waals surface area (Å²) >= 11 is 0. The summed E-state index contributed by atoms with van der Waals surface area (Å²) in [6, 6.07) is 14.7. The topological polar surface area (TPSA) is 76.7 Å². The van der Waals surface area contributed by atoms with Crippen LogP contribution in [0.3, 0.4) is 0 Å². The lowest BCUT2D eigenvalue weighted by molar-refractivity contribution is -0.125. The van der Waals surface area contributed by atoms with Crippen LogP contribution in [0.5, 0.6) is 11.5 Å². The Kier molecular flexibility index (Phi) is 5.96. The van der Waals surface area contributed by atoms with Gasteiger partial charge in [0.2, 0.25) is 11.8 Å². The van der Waals surface area contributed by atoms with E-state index in [0.29, 0.717) is 25.3 Å². The molecule has 1 aliphatic carbocycles. The van der Waals surface area contributed by atoms with Gasteiger partial charge in [0.15, 0.2) is 0 Å². The average Bonchev–Trinajstić information content (AvgIpc) is 3.49. The summed E-state index contributed by atoms with van der Waals surface area (Å²) in [6.45, 7) is 2.90.